The van der Waals surface area contributed by atoms with E-state index < -0.39 is 8.32 Å². The molecule has 1 heterocycles. The summed E-state index contributed by atoms with van der Waals surface area (Å²) in [6.07, 6.45) is 3.57. The Morgan fingerprint density at radius 1 is 1.48 bits per heavy atom. The van der Waals surface area contributed by atoms with Gasteiger partial charge < -0.3 is 8.99 Å². The molecule has 0 amide bonds. The number of nitroso groups, excluding NO2 is 1. The molecule has 1 aromatic rings. The molecule has 1 rings (SSSR count). The standard InChI is InChI=1S/C14H26ClN3O2Si/c1-7-11(20-21(5,6)14(2,3)4)8-9-18-10-12(17-19)16-13(18)15/h10-11H,7-9H2,1-6H3. The predicted molar refractivity (Wildman–Crippen MR) is 89.7 cm³/mol. The Balaban J connectivity index is 2.66. The van der Waals surface area contributed by atoms with Crippen molar-refractivity contribution in [2.45, 2.75) is 71.3 Å². The van der Waals surface area contributed by atoms with Gasteiger partial charge in [-0.15, -0.1) is 4.91 Å². The highest BCUT2D eigenvalue weighted by Gasteiger charge is 2.38. The summed E-state index contributed by atoms with van der Waals surface area (Å²) in [5.41, 5.74) is 0. The monoisotopic (exact) mass is 331 g/mol. The van der Waals surface area contributed by atoms with Crippen LogP contribution < -0.4 is 0 Å². The zero-order chi connectivity index (χ0) is 16.3. The molecule has 0 spiro atoms. The molecule has 0 N–H and O–H groups in total. The molecule has 21 heavy (non-hydrogen) atoms. The number of hydrogen-bond donors (Lipinski definition) is 0. The van der Waals surface area contributed by atoms with E-state index >= 15 is 0 Å². The highest BCUT2D eigenvalue weighted by molar-refractivity contribution is 6.74. The fourth-order valence-electron chi connectivity index (χ4n) is 1.80. The van der Waals surface area contributed by atoms with Crippen molar-refractivity contribution in [1.29, 1.82) is 0 Å². The summed E-state index contributed by atoms with van der Waals surface area (Å²) in [5, 5.41) is 3.29. The van der Waals surface area contributed by atoms with E-state index in [4.69, 9.17) is 16.0 Å². The summed E-state index contributed by atoms with van der Waals surface area (Å²) in [6.45, 7) is 14.0. The number of nitrogens with zero attached hydrogens (tertiary/aromatic N) is 3. The molecule has 1 aromatic heterocycles. The van der Waals surface area contributed by atoms with Gasteiger partial charge in [-0.1, -0.05) is 27.7 Å². The lowest BCUT2D eigenvalue weighted by atomic mass is 10.2. The molecule has 0 aromatic carbocycles. The first-order chi connectivity index (χ1) is 9.60. The molecule has 0 bridgehead atoms. The Hall–Kier alpha value is -0.723. The van der Waals surface area contributed by atoms with E-state index in [-0.39, 0.29) is 17.0 Å². The largest absolute Gasteiger partial charge is 0.414 e. The van der Waals surface area contributed by atoms with Crippen LogP contribution in [0.3, 0.4) is 0 Å². The molecular formula is C14H26ClN3O2Si. The van der Waals surface area contributed by atoms with Gasteiger partial charge in [0.25, 0.3) is 0 Å². The van der Waals surface area contributed by atoms with Crippen LogP contribution in [-0.2, 0) is 11.0 Å². The van der Waals surface area contributed by atoms with E-state index in [2.05, 4.69) is 50.9 Å². The molecule has 1 atom stereocenters. The van der Waals surface area contributed by atoms with Crippen LogP contribution in [0.4, 0.5) is 5.82 Å². The molecule has 0 saturated carbocycles. The van der Waals surface area contributed by atoms with Gasteiger partial charge >= 0.3 is 0 Å². The van der Waals surface area contributed by atoms with Crippen molar-refractivity contribution in [3.63, 3.8) is 0 Å². The third kappa shape index (κ3) is 4.90. The van der Waals surface area contributed by atoms with Crippen molar-refractivity contribution in [2.24, 2.45) is 5.18 Å². The van der Waals surface area contributed by atoms with Gasteiger partial charge in [-0.3, -0.25) is 0 Å². The quantitative estimate of drug-likeness (QED) is 0.514. The van der Waals surface area contributed by atoms with Crippen LogP contribution in [-0.4, -0.2) is 24.0 Å². The summed E-state index contributed by atoms with van der Waals surface area (Å²) in [6, 6.07) is 0. The molecule has 0 fully saturated rings. The lowest BCUT2D eigenvalue weighted by Crippen LogP contribution is -2.44. The van der Waals surface area contributed by atoms with E-state index in [9.17, 15) is 4.91 Å². The first-order valence-electron chi connectivity index (χ1n) is 7.34. The molecule has 7 heteroatoms. The van der Waals surface area contributed by atoms with Crippen LogP contribution in [0, 0.1) is 4.91 Å². The van der Waals surface area contributed by atoms with Gasteiger partial charge in [0.15, 0.2) is 8.32 Å². The third-order valence-electron chi connectivity index (χ3n) is 4.22. The maximum absolute atomic E-state index is 10.5. The average Bonchev–Trinajstić information content (AvgIpc) is 2.73. The maximum atomic E-state index is 10.5. The molecule has 0 aliphatic rings. The minimum atomic E-state index is -1.77. The molecule has 0 radical (unpaired) electrons. The summed E-state index contributed by atoms with van der Waals surface area (Å²) in [5.74, 6) is 0.123. The molecule has 0 aliphatic heterocycles. The average molecular weight is 332 g/mol. The van der Waals surface area contributed by atoms with Crippen LogP contribution in [0.1, 0.15) is 40.5 Å². The van der Waals surface area contributed by atoms with Gasteiger partial charge in [0.2, 0.25) is 11.1 Å². The zero-order valence-corrected chi connectivity index (χ0v) is 15.6. The highest BCUT2D eigenvalue weighted by Crippen LogP contribution is 2.38. The molecular weight excluding hydrogens is 306 g/mol. The van der Waals surface area contributed by atoms with E-state index in [1.165, 1.54) is 0 Å². The Labute approximate surface area is 133 Å². The minimum Gasteiger partial charge on any atom is -0.414 e. The molecule has 0 saturated heterocycles. The van der Waals surface area contributed by atoms with Crippen LogP contribution in [0.25, 0.3) is 0 Å². The Kier molecular flexibility index (Phi) is 6.13. The van der Waals surface area contributed by atoms with Gasteiger partial charge in [0, 0.05) is 12.6 Å². The normalized spacial score (nSPS) is 14.2. The van der Waals surface area contributed by atoms with E-state index in [0.29, 0.717) is 11.8 Å². The summed E-state index contributed by atoms with van der Waals surface area (Å²) >= 11 is 5.98. The highest BCUT2D eigenvalue weighted by atomic mass is 35.5. The van der Waals surface area contributed by atoms with Gasteiger partial charge in [0.05, 0.1) is 6.20 Å². The Morgan fingerprint density at radius 2 is 2.10 bits per heavy atom. The zero-order valence-electron chi connectivity index (χ0n) is 13.8. The molecule has 5 nitrogen and oxygen atoms in total. The van der Waals surface area contributed by atoms with Crippen LogP contribution >= 0.6 is 11.6 Å². The fraction of sp³-hybridized carbons (Fsp3) is 0.786. The lowest BCUT2D eigenvalue weighted by molar-refractivity contribution is 0.161. The molecule has 1 unspecified atom stereocenters. The van der Waals surface area contributed by atoms with Crippen molar-refractivity contribution < 1.29 is 4.43 Å². The topological polar surface area (TPSA) is 56.5 Å². The summed E-state index contributed by atoms with van der Waals surface area (Å²) < 4.78 is 8.17. The third-order valence-corrected chi connectivity index (χ3v) is 9.06. The summed E-state index contributed by atoms with van der Waals surface area (Å²) in [7, 11) is -1.77. The van der Waals surface area contributed by atoms with Gasteiger partial charge in [0.1, 0.15) is 0 Å². The number of aryl methyl sites for hydroxylation is 1. The summed E-state index contributed by atoms with van der Waals surface area (Å²) in [4.78, 5) is 14.3. The SMILES string of the molecule is CCC(CCn1cc(N=O)nc1Cl)O[Si](C)(C)C(C)(C)C. The first-order valence-corrected chi connectivity index (χ1v) is 10.6. The molecule has 0 aliphatic carbocycles. The Bertz CT molecular complexity index is 483. The number of halogens is 1. The van der Waals surface area contributed by atoms with Gasteiger partial charge in [-0.05, 0) is 47.8 Å². The number of aromatic nitrogens is 2. The van der Waals surface area contributed by atoms with Crippen molar-refractivity contribution in [1.82, 2.24) is 9.55 Å². The lowest BCUT2D eigenvalue weighted by Gasteiger charge is -2.39. The van der Waals surface area contributed by atoms with Crippen molar-refractivity contribution in [2.75, 3.05) is 0 Å². The second-order valence-corrected chi connectivity index (χ2v) is 11.9. The van der Waals surface area contributed by atoms with E-state index in [1.807, 2.05) is 0 Å². The minimum absolute atomic E-state index is 0.123. The second-order valence-electron chi connectivity index (χ2n) is 6.85. The number of rotatable bonds is 7. The van der Waals surface area contributed by atoms with Crippen molar-refractivity contribution in [3.05, 3.63) is 16.4 Å². The van der Waals surface area contributed by atoms with Gasteiger partial charge in [-0.2, -0.15) is 4.98 Å². The van der Waals surface area contributed by atoms with E-state index in [0.717, 1.165) is 12.8 Å². The fourth-order valence-corrected chi connectivity index (χ4v) is 3.50. The molecule has 120 valence electrons. The first kappa shape index (κ1) is 18.3. The van der Waals surface area contributed by atoms with Gasteiger partial charge in [-0.25, -0.2) is 0 Å². The van der Waals surface area contributed by atoms with Crippen LogP contribution in [0.2, 0.25) is 23.4 Å². The van der Waals surface area contributed by atoms with Crippen LogP contribution in [0.5, 0.6) is 0 Å². The van der Waals surface area contributed by atoms with Crippen molar-refractivity contribution >= 4 is 25.7 Å². The van der Waals surface area contributed by atoms with Crippen molar-refractivity contribution in [3.8, 4) is 0 Å². The smallest absolute Gasteiger partial charge is 0.215 e. The van der Waals surface area contributed by atoms with Crippen LogP contribution in [0.15, 0.2) is 11.4 Å². The number of imidazole rings is 1. The maximum Gasteiger partial charge on any atom is 0.215 e. The predicted octanol–water partition coefficient (Wildman–Crippen LogP) is 5.12. The second kappa shape index (κ2) is 7.02. The number of hydrogen-bond acceptors (Lipinski definition) is 4. The van der Waals surface area contributed by atoms with E-state index in [1.54, 1.807) is 10.8 Å². The Morgan fingerprint density at radius 3 is 2.52 bits per heavy atom.